The van der Waals surface area contributed by atoms with Crippen molar-refractivity contribution >= 4 is 11.8 Å². The topological polar surface area (TPSA) is 75.4 Å². The van der Waals surface area contributed by atoms with Gasteiger partial charge in [0.25, 0.3) is 0 Å². The Labute approximate surface area is 139 Å². The first kappa shape index (κ1) is 16.7. The van der Waals surface area contributed by atoms with Crippen molar-refractivity contribution in [1.29, 1.82) is 0 Å². The summed E-state index contributed by atoms with van der Waals surface area (Å²) in [6.45, 7) is 2.10. The summed E-state index contributed by atoms with van der Waals surface area (Å²) in [5.41, 5.74) is 5.78. The first-order valence-corrected chi connectivity index (χ1v) is 9.48. The molecule has 0 aromatic rings. The minimum absolute atomic E-state index is 0.0862. The molecule has 0 bridgehead atoms. The molecule has 23 heavy (non-hydrogen) atoms. The molecular formula is C18H31N3O2. The maximum absolute atomic E-state index is 12.6. The molecular weight excluding hydrogens is 290 g/mol. The van der Waals surface area contributed by atoms with Gasteiger partial charge < -0.3 is 16.0 Å². The summed E-state index contributed by atoms with van der Waals surface area (Å²) >= 11 is 0. The predicted molar refractivity (Wildman–Crippen MR) is 89.6 cm³/mol. The Morgan fingerprint density at radius 1 is 1.00 bits per heavy atom. The van der Waals surface area contributed by atoms with Crippen molar-refractivity contribution in [2.45, 2.75) is 63.8 Å². The van der Waals surface area contributed by atoms with Gasteiger partial charge in [-0.3, -0.25) is 9.59 Å². The van der Waals surface area contributed by atoms with Crippen molar-refractivity contribution in [3.8, 4) is 0 Å². The van der Waals surface area contributed by atoms with Gasteiger partial charge in [-0.2, -0.15) is 0 Å². The van der Waals surface area contributed by atoms with Crippen LogP contribution >= 0.6 is 0 Å². The Balaban J connectivity index is 1.47. The van der Waals surface area contributed by atoms with Crippen molar-refractivity contribution in [3.63, 3.8) is 0 Å². The zero-order chi connectivity index (χ0) is 16.2. The molecule has 2 amide bonds. The second kappa shape index (κ2) is 7.65. The zero-order valence-electron chi connectivity index (χ0n) is 14.1. The van der Waals surface area contributed by atoms with E-state index in [9.17, 15) is 9.59 Å². The second-order valence-corrected chi connectivity index (χ2v) is 7.65. The van der Waals surface area contributed by atoms with E-state index in [0.29, 0.717) is 24.9 Å². The monoisotopic (exact) mass is 321 g/mol. The van der Waals surface area contributed by atoms with Crippen molar-refractivity contribution in [2.24, 2.45) is 23.5 Å². The van der Waals surface area contributed by atoms with Gasteiger partial charge in [-0.05, 0) is 44.6 Å². The SMILES string of the molecule is NC[C@H]1CCC[C@H]1C(=O)NC1CCN(C(=O)C2CCCCC2)C1. The third-order valence-electron chi connectivity index (χ3n) is 6.10. The predicted octanol–water partition coefficient (Wildman–Crippen LogP) is 1.66. The summed E-state index contributed by atoms with van der Waals surface area (Å²) < 4.78 is 0. The lowest BCUT2D eigenvalue weighted by atomic mass is 9.88. The molecule has 0 aromatic carbocycles. The van der Waals surface area contributed by atoms with Gasteiger partial charge in [0.1, 0.15) is 0 Å². The third-order valence-corrected chi connectivity index (χ3v) is 6.10. The fraction of sp³-hybridized carbons (Fsp3) is 0.889. The molecule has 1 heterocycles. The lowest BCUT2D eigenvalue weighted by Crippen LogP contribution is -2.43. The Morgan fingerprint density at radius 3 is 2.52 bits per heavy atom. The maximum atomic E-state index is 12.6. The molecule has 0 radical (unpaired) electrons. The molecule has 3 aliphatic rings. The van der Waals surface area contributed by atoms with Gasteiger partial charge >= 0.3 is 0 Å². The summed E-state index contributed by atoms with van der Waals surface area (Å²) in [6, 6.07) is 0.133. The third kappa shape index (κ3) is 3.87. The van der Waals surface area contributed by atoms with Gasteiger partial charge in [0.2, 0.25) is 11.8 Å². The Hall–Kier alpha value is -1.10. The van der Waals surface area contributed by atoms with Gasteiger partial charge in [0, 0.05) is 31.0 Å². The minimum Gasteiger partial charge on any atom is -0.351 e. The normalized spacial score (nSPS) is 32.2. The van der Waals surface area contributed by atoms with Crippen LogP contribution in [0.3, 0.4) is 0 Å². The van der Waals surface area contributed by atoms with Crippen molar-refractivity contribution < 1.29 is 9.59 Å². The van der Waals surface area contributed by atoms with Crippen LogP contribution in [0.15, 0.2) is 0 Å². The number of nitrogens with zero attached hydrogens (tertiary/aromatic N) is 1. The number of carbonyl (C=O) groups is 2. The lowest BCUT2D eigenvalue weighted by molar-refractivity contribution is -0.136. The lowest BCUT2D eigenvalue weighted by Gasteiger charge is -2.26. The molecule has 1 unspecified atom stereocenters. The van der Waals surface area contributed by atoms with E-state index in [1.807, 2.05) is 4.90 Å². The zero-order valence-corrected chi connectivity index (χ0v) is 14.1. The van der Waals surface area contributed by atoms with Crippen LogP contribution in [0.25, 0.3) is 0 Å². The molecule has 0 aromatic heterocycles. The number of nitrogens with one attached hydrogen (secondary N) is 1. The standard InChI is InChI=1S/C18H31N3O2/c19-11-14-7-4-8-16(14)17(22)20-15-9-10-21(12-15)18(23)13-5-2-1-3-6-13/h13-16H,1-12,19H2,(H,20,22)/t14-,15?,16-/m1/s1. The molecule has 3 atom stereocenters. The number of amides is 2. The van der Waals surface area contributed by atoms with E-state index in [1.54, 1.807) is 0 Å². The number of hydrogen-bond acceptors (Lipinski definition) is 3. The van der Waals surface area contributed by atoms with Crippen molar-refractivity contribution in [3.05, 3.63) is 0 Å². The summed E-state index contributed by atoms with van der Waals surface area (Å²) in [7, 11) is 0. The highest BCUT2D eigenvalue weighted by Gasteiger charge is 2.36. The van der Waals surface area contributed by atoms with E-state index >= 15 is 0 Å². The van der Waals surface area contributed by atoms with E-state index in [0.717, 1.165) is 45.1 Å². The molecule has 5 heteroatoms. The highest BCUT2D eigenvalue weighted by Crippen LogP contribution is 2.31. The molecule has 5 nitrogen and oxygen atoms in total. The highest BCUT2D eigenvalue weighted by molar-refractivity contribution is 5.81. The van der Waals surface area contributed by atoms with Crippen LogP contribution in [0.5, 0.6) is 0 Å². The smallest absolute Gasteiger partial charge is 0.225 e. The Morgan fingerprint density at radius 2 is 1.78 bits per heavy atom. The fourth-order valence-electron chi connectivity index (χ4n) is 4.66. The quantitative estimate of drug-likeness (QED) is 0.827. The van der Waals surface area contributed by atoms with Crippen LogP contribution < -0.4 is 11.1 Å². The highest BCUT2D eigenvalue weighted by atomic mass is 16.2. The van der Waals surface area contributed by atoms with Crippen LogP contribution in [0.4, 0.5) is 0 Å². The molecule has 1 aliphatic heterocycles. The first-order valence-electron chi connectivity index (χ1n) is 9.48. The number of carbonyl (C=O) groups excluding carboxylic acids is 2. The number of likely N-dealkylation sites (tertiary alicyclic amines) is 1. The van der Waals surface area contributed by atoms with Gasteiger partial charge in [0.15, 0.2) is 0 Å². The van der Waals surface area contributed by atoms with Crippen LogP contribution in [0.1, 0.15) is 57.8 Å². The molecule has 130 valence electrons. The van der Waals surface area contributed by atoms with E-state index in [-0.39, 0.29) is 23.8 Å². The van der Waals surface area contributed by atoms with Gasteiger partial charge in [-0.1, -0.05) is 25.7 Å². The summed E-state index contributed by atoms with van der Waals surface area (Å²) in [6.07, 6.45) is 9.78. The molecule has 1 saturated heterocycles. The molecule has 3 rings (SSSR count). The number of nitrogens with two attached hydrogens (primary N) is 1. The van der Waals surface area contributed by atoms with Crippen LogP contribution in [0.2, 0.25) is 0 Å². The first-order chi connectivity index (χ1) is 11.2. The average Bonchev–Trinajstić information content (AvgIpc) is 3.23. The Kier molecular flexibility index (Phi) is 5.57. The summed E-state index contributed by atoms with van der Waals surface area (Å²) in [4.78, 5) is 27.0. The molecule has 0 spiro atoms. The van der Waals surface area contributed by atoms with Crippen molar-refractivity contribution in [2.75, 3.05) is 19.6 Å². The van der Waals surface area contributed by atoms with Crippen molar-refractivity contribution in [1.82, 2.24) is 10.2 Å². The van der Waals surface area contributed by atoms with E-state index in [2.05, 4.69) is 5.32 Å². The Bertz CT molecular complexity index is 434. The maximum Gasteiger partial charge on any atom is 0.225 e. The average molecular weight is 321 g/mol. The van der Waals surface area contributed by atoms with Gasteiger partial charge in [0.05, 0.1) is 0 Å². The van der Waals surface area contributed by atoms with Gasteiger partial charge in [-0.25, -0.2) is 0 Å². The molecule has 3 N–H and O–H groups in total. The second-order valence-electron chi connectivity index (χ2n) is 7.65. The van der Waals surface area contributed by atoms with E-state index < -0.39 is 0 Å². The summed E-state index contributed by atoms with van der Waals surface area (Å²) in [5.74, 6) is 1.14. The van der Waals surface area contributed by atoms with E-state index in [1.165, 1.54) is 19.3 Å². The summed E-state index contributed by atoms with van der Waals surface area (Å²) in [5, 5.41) is 3.18. The molecule has 3 fully saturated rings. The minimum atomic E-state index is 0.0862. The van der Waals surface area contributed by atoms with Gasteiger partial charge in [-0.15, -0.1) is 0 Å². The molecule has 2 aliphatic carbocycles. The largest absolute Gasteiger partial charge is 0.351 e. The number of rotatable bonds is 4. The number of hydrogen-bond donors (Lipinski definition) is 2. The van der Waals surface area contributed by atoms with Crippen LogP contribution in [-0.4, -0.2) is 42.4 Å². The van der Waals surface area contributed by atoms with Crippen LogP contribution in [0, 0.1) is 17.8 Å². The fourth-order valence-corrected chi connectivity index (χ4v) is 4.66. The molecule has 2 saturated carbocycles. The van der Waals surface area contributed by atoms with E-state index in [4.69, 9.17) is 5.73 Å². The van der Waals surface area contributed by atoms with Crippen LogP contribution in [-0.2, 0) is 9.59 Å².